The number of carbonyl (C=O) groups excluding carboxylic acids is 2. The number of aromatic nitrogens is 1. The van der Waals surface area contributed by atoms with Gasteiger partial charge in [-0.05, 0) is 49.2 Å². The van der Waals surface area contributed by atoms with Gasteiger partial charge in [-0.1, -0.05) is 6.07 Å². The summed E-state index contributed by atoms with van der Waals surface area (Å²) in [5.74, 6) is 0.00737. The molecule has 2 aromatic rings. The van der Waals surface area contributed by atoms with E-state index in [2.05, 4.69) is 4.98 Å². The van der Waals surface area contributed by atoms with Crippen LogP contribution in [-0.2, 0) is 0 Å². The molecule has 3 rings (SSSR count). The minimum atomic E-state index is -0.0265. The first kappa shape index (κ1) is 16.2. The molecule has 1 aromatic carbocycles. The molecule has 124 valence electrons. The van der Waals surface area contributed by atoms with Gasteiger partial charge in [-0.15, -0.1) is 0 Å². The van der Waals surface area contributed by atoms with Crippen molar-refractivity contribution in [2.24, 2.45) is 0 Å². The summed E-state index contributed by atoms with van der Waals surface area (Å²) in [5.41, 5.74) is 3.60. The Kier molecular flexibility index (Phi) is 4.60. The molecule has 2 amide bonds. The molecule has 0 N–H and O–H groups in total. The van der Waals surface area contributed by atoms with Crippen LogP contribution in [0.25, 0.3) is 0 Å². The van der Waals surface area contributed by atoms with Crippen LogP contribution in [0.5, 0.6) is 0 Å². The van der Waals surface area contributed by atoms with E-state index in [1.54, 1.807) is 29.4 Å². The first-order valence-corrected chi connectivity index (χ1v) is 8.12. The monoisotopic (exact) mass is 323 g/mol. The molecule has 1 fully saturated rings. The predicted octanol–water partition coefficient (Wildman–Crippen LogP) is 2.30. The maximum atomic E-state index is 12.6. The van der Waals surface area contributed by atoms with E-state index in [0.29, 0.717) is 37.3 Å². The van der Waals surface area contributed by atoms with E-state index in [0.717, 1.165) is 5.56 Å². The third-order valence-corrected chi connectivity index (χ3v) is 4.52. The van der Waals surface area contributed by atoms with Gasteiger partial charge in [0.05, 0.1) is 5.56 Å². The highest BCUT2D eigenvalue weighted by atomic mass is 16.2. The van der Waals surface area contributed by atoms with Crippen LogP contribution in [0.1, 0.15) is 31.8 Å². The summed E-state index contributed by atoms with van der Waals surface area (Å²) in [6.45, 7) is 6.24. The minimum absolute atomic E-state index is 0.0265. The zero-order chi connectivity index (χ0) is 17.1. The fraction of sp³-hybridized carbons (Fsp3) is 0.316. The molecule has 0 unspecified atom stereocenters. The van der Waals surface area contributed by atoms with E-state index >= 15 is 0 Å². The van der Waals surface area contributed by atoms with Gasteiger partial charge in [0, 0.05) is 44.1 Å². The number of pyridine rings is 1. The largest absolute Gasteiger partial charge is 0.335 e. The van der Waals surface area contributed by atoms with E-state index in [4.69, 9.17) is 0 Å². The molecule has 1 aliphatic heterocycles. The minimum Gasteiger partial charge on any atom is -0.335 e. The molecule has 24 heavy (non-hydrogen) atoms. The van der Waals surface area contributed by atoms with Gasteiger partial charge in [0.2, 0.25) is 0 Å². The summed E-state index contributed by atoms with van der Waals surface area (Å²) in [6, 6.07) is 9.31. The Labute approximate surface area is 141 Å². The Balaban J connectivity index is 1.63. The highest BCUT2D eigenvalue weighted by molar-refractivity contribution is 5.96. The molecule has 5 nitrogen and oxygen atoms in total. The van der Waals surface area contributed by atoms with E-state index in [9.17, 15) is 9.59 Å². The summed E-state index contributed by atoms with van der Waals surface area (Å²) in [5, 5.41) is 0. The molecule has 0 bridgehead atoms. The zero-order valence-electron chi connectivity index (χ0n) is 14.0. The van der Waals surface area contributed by atoms with Crippen LogP contribution in [0, 0.1) is 13.8 Å². The lowest BCUT2D eigenvalue weighted by molar-refractivity contribution is 0.0535. The third kappa shape index (κ3) is 3.30. The van der Waals surface area contributed by atoms with Crippen molar-refractivity contribution in [1.82, 2.24) is 14.8 Å². The maximum absolute atomic E-state index is 12.6. The van der Waals surface area contributed by atoms with E-state index in [1.165, 1.54) is 5.56 Å². The third-order valence-electron chi connectivity index (χ3n) is 4.52. The molecule has 5 heteroatoms. The predicted molar refractivity (Wildman–Crippen MR) is 92.0 cm³/mol. The van der Waals surface area contributed by atoms with Crippen molar-refractivity contribution in [1.29, 1.82) is 0 Å². The first-order chi connectivity index (χ1) is 11.6. The van der Waals surface area contributed by atoms with Crippen LogP contribution in [0.3, 0.4) is 0 Å². The Hall–Kier alpha value is -2.69. The summed E-state index contributed by atoms with van der Waals surface area (Å²) in [7, 11) is 0. The lowest BCUT2D eigenvalue weighted by atomic mass is 10.1. The number of hydrogen-bond acceptors (Lipinski definition) is 3. The van der Waals surface area contributed by atoms with Crippen LogP contribution in [0.4, 0.5) is 0 Å². The molecule has 1 aliphatic rings. The van der Waals surface area contributed by atoms with Gasteiger partial charge >= 0.3 is 0 Å². The van der Waals surface area contributed by atoms with Gasteiger partial charge < -0.3 is 9.80 Å². The lowest BCUT2D eigenvalue weighted by Gasteiger charge is -2.34. The fourth-order valence-corrected chi connectivity index (χ4v) is 2.84. The molecule has 0 atom stereocenters. The molecular formula is C19H21N3O2. The van der Waals surface area contributed by atoms with Crippen LogP contribution >= 0.6 is 0 Å². The molecule has 0 aliphatic carbocycles. The van der Waals surface area contributed by atoms with Crippen molar-refractivity contribution in [3.8, 4) is 0 Å². The fourth-order valence-electron chi connectivity index (χ4n) is 2.84. The van der Waals surface area contributed by atoms with Gasteiger partial charge in [0.25, 0.3) is 11.8 Å². The van der Waals surface area contributed by atoms with Gasteiger partial charge in [-0.3, -0.25) is 14.6 Å². The van der Waals surface area contributed by atoms with Crippen molar-refractivity contribution in [2.45, 2.75) is 13.8 Å². The number of amides is 2. The average Bonchev–Trinajstić information content (AvgIpc) is 2.63. The van der Waals surface area contributed by atoms with Gasteiger partial charge in [0.1, 0.15) is 0 Å². The normalized spacial score (nSPS) is 14.6. The molecule has 0 spiro atoms. The Morgan fingerprint density at radius 2 is 1.50 bits per heavy atom. The number of benzene rings is 1. The van der Waals surface area contributed by atoms with Crippen molar-refractivity contribution < 1.29 is 9.59 Å². The highest BCUT2D eigenvalue weighted by Gasteiger charge is 2.25. The van der Waals surface area contributed by atoms with Gasteiger partial charge in [-0.25, -0.2) is 0 Å². The van der Waals surface area contributed by atoms with E-state index < -0.39 is 0 Å². The van der Waals surface area contributed by atoms with Crippen LogP contribution in [-0.4, -0.2) is 52.8 Å². The number of aryl methyl sites for hydroxylation is 2. The van der Waals surface area contributed by atoms with Crippen LogP contribution in [0.15, 0.2) is 42.7 Å². The van der Waals surface area contributed by atoms with Crippen molar-refractivity contribution in [2.75, 3.05) is 26.2 Å². The van der Waals surface area contributed by atoms with Crippen LogP contribution < -0.4 is 0 Å². The number of piperazine rings is 1. The standard InChI is InChI=1S/C19H21N3O2/c1-14-5-6-16(12-15(14)2)18(23)21-8-10-22(11-9-21)19(24)17-4-3-7-20-13-17/h3-7,12-13H,8-11H2,1-2H3. The average molecular weight is 323 g/mol. The van der Waals surface area contributed by atoms with Crippen molar-refractivity contribution >= 4 is 11.8 Å². The van der Waals surface area contributed by atoms with Gasteiger partial charge in [-0.2, -0.15) is 0 Å². The molecule has 2 heterocycles. The van der Waals surface area contributed by atoms with Crippen LogP contribution in [0.2, 0.25) is 0 Å². The Morgan fingerprint density at radius 1 is 0.875 bits per heavy atom. The second-order valence-electron chi connectivity index (χ2n) is 6.13. The quantitative estimate of drug-likeness (QED) is 0.852. The van der Waals surface area contributed by atoms with Crippen molar-refractivity contribution in [3.05, 3.63) is 65.0 Å². The molecule has 1 aromatic heterocycles. The number of hydrogen-bond donors (Lipinski definition) is 0. The Bertz CT molecular complexity index is 750. The summed E-state index contributed by atoms with van der Waals surface area (Å²) in [4.78, 5) is 32.6. The van der Waals surface area contributed by atoms with E-state index in [1.807, 2.05) is 36.9 Å². The van der Waals surface area contributed by atoms with E-state index in [-0.39, 0.29) is 11.8 Å². The second kappa shape index (κ2) is 6.83. The number of rotatable bonds is 2. The smallest absolute Gasteiger partial charge is 0.255 e. The summed E-state index contributed by atoms with van der Waals surface area (Å²) >= 11 is 0. The Morgan fingerprint density at radius 3 is 2.04 bits per heavy atom. The maximum Gasteiger partial charge on any atom is 0.255 e. The highest BCUT2D eigenvalue weighted by Crippen LogP contribution is 2.14. The zero-order valence-corrected chi connectivity index (χ0v) is 14.0. The number of nitrogens with zero attached hydrogens (tertiary/aromatic N) is 3. The molecule has 1 saturated heterocycles. The summed E-state index contributed by atoms with van der Waals surface area (Å²) in [6.07, 6.45) is 3.23. The lowest BCUT2D eigenvalue weighted by Crippen LogP contribution is -2.50. The van der Waals surface area contributed by atoms with Gasteiger partial charge in [0.15, 0.2) is 0 Å². The number of carbonyl (C=O) groups is 2. The first-order valence-electron chi connectivity index (χ1n) is 8.12. The molecule has 0 saturated carbocycles. The second-order valence-corrected chi connectivity index (χ2v) is 6.13. The van der Waals surface area contributed by atoms with Crippen molar-refractivity contribution in [3.63, 3.8) is 0 Å². The molecule has 0 radical (unpaired) electrons. The summed E-state index contributed by atoms with van der Waals surface area (Å²) < 4.78 is 0. The topological polar surface area (TPSA) is 53.5 Å². The molecular weight excluding hydrogens is 302 g/mol. The SMILES string of the molecule is Cc1ccc(C(=O)N2CCN(C(=O)c3cccnc3)CC2)cc1C.